The van der Waals surface area contributed by atoms with Crippen LogP contribution in [-0.2, 0) is 10.0 Å². The molecule has 2 aliphatic carbocycles. The van der Waals surface area contributed by atoms with Gasteiger partial charge in [0, 0.05) is 6.20 Å². The third-order valence-corrected chi connectivity index (χ3v) is 6.46. The lowest BCUT2D eigenvalue weighted by Crippen LogP contribution is -2.40. The van der Waals surface area contributed by atoms with Crippen molar-refractivity contribution in [1.29, 1.82) is 0 Å². The van der Waals surface area contributed by atoms with Gasteiger partial charge in [0.25, 0.3) is 0 Å². The molecule has 23 heavy (non-hydrogen) atoms. The molecule has 0 aromatic heterocycles. The van der Waals surface area contributed by atoms with E-state index in [1.807, 2.05) is 6.20 Å². The van der Waals surface area contributed by atoms with E-state index in [1.165, 1.54) is 55.1 Å². The minimum absolute atomic E-state index is 0.0519. The van der Waals surface area contributed by atoms with Crippen LogP contribution < -0.4 is 0 Å². The molecule has 0 fully saturated rings. The number of rotatable bonds is 2. The molecule has 3 aliphatic rings. The highest BCUT2D eigenvalue weighted by molar-refractivity contribution is 7.88. The van der Waals surface area contributed by atoms with Gasteiger partial charge >= 0.3 is 0 Å². The van der Waals surface area contributed by atoms with Crippen molar-refractivity contribution in [2.45, 2.75) is 76.7 Å². The quantitative estimate of drug-likeness (QED) is 0.687. The van der Waals surface area contributed by atoms with Crippen LogP contribution in [0.5, 0.6) is 0 Å². The Labute approximate surface area is 141 Å². The lowest BCUT2D eigenvalue weighted by atomic mass is 9.85. The highest BCUT2D eigenvalue weighted by Gasteiger charge is 2.32. The standard InChI is InChI=1S/C19H29NO2S/c1-23(21,22)20-15-18(16-10-7-5-8-11-16)14-17-12-6-3-2-4-9-13-19(17)20/h10,12,15,19H,2-9,11,13-14H2,1H3/b17-12-/t19-/m0/s1. The monoisotopic (exact) mass is 335 g/mol. The molecule has 1 heterocycles. The van der Waals surface area contributed by atoms with Crippen molar-refractivity contribution >= 4 is 10.0 Å². The lowest BCUT2D eigenvalue weighted by molar-refractivity contribution is 0.389. The van der Waals surface area contributed by atoms with Gasteiger partial charge < -0.3 is 0 Å². The number of hydrogen-bond donors (Lipinski definition) is 0. The number of allylic oxidation sites excluding steroid dienone is 4. The van der Waals surface area contributed by atoms with Crippen molar-refractivity contribution in [3.8, 4) is 0 Å². The van der Waals surface area contributed by atoms with E-state index in [2.05, 4.69) is 12.2 Å². The molecule has 0 radical (unpaired) electrons. The zero-order valence-electron chi connectivity index (χ0n) is 14.3. The van der Waals surface area contributed by atoms with Crippen LogP contribution in [-0.4, -0.2) is 25.0 Å². The van der Waals surface area contributed by atoms with E-state index in [0.717, 1.165) is 38.5 Å². The minimum Gasteiger partial charge on any atom is -0.270 e. The fraction of sp³-hybridized carbons (Fsp3) is 0.684. The largest absolute Gasteiger partial charge is 0.270 e. The Bertz CT molecular complexity index is 628. The van der Waals surface area contributed by atoms with Gasteiger partial charge in [-0.1, -0.05) is 31.4 Å². The summed E-state index contributed by atoms with van der Waals surface area (Å²) >= 11 is 0. The summed E-state index contributed by atoms with van der Waals surface area (Å²) in [6, 6.07) is 0.0519. The van der Waals surface area contributed by atoms with Gasteiger partial charge in [-0.3, -0.25) is 4.31 Å². The second-order valence-electron chi connectivity index (χ2n) is 7.19. The van der Waals surface area contributed by atoms with Gasteiger partial charge in [-0.25, -0.2) is 8.42 Å². The normalized spacial score (nSPS) is 29.2. The predicted octanol–water partition coefficient (Wildman–Crippen LogP) is 4.69. The van der Waals surface area contributed by atoms with Crippen LogP contribution in [0.2, 0.25) is 0 Å². The van der Waals surface area contributed by atoms with Crippen LogP contribution in [0.1, 0.15) is 70.6 Å². The second kappa shape index (κ2) is 7.25. The van der Waals surface area contributed by atoms with Gasteiger partial charge in [0.15, 0.2) is 0 Å². The molecule has 0 bridgehead atoms. The second-order valence-corrected chi connectivity index (χ2v) is 9.07. The van der Waals surface area contributed by atoms with Gasteiger partial charge in [-0.05, 0) is 68.1 Å². The van der Waals surface area contributed by atoms with Crippen LogP contribution in [0.3, 0.4) is 0 Å². The third kappa shape index (κ3) is 4.09. The molecular formula is C19H29NO2S. The van der Waals surface area contributed by atoms with E-state index in [0.29, 0.717) is 0 Å². The Morgan fingerprint density at radius 1 is 0.957 bits per heavy atom. The van der Waals surface area contributed by atoms with Crippen LogP contribution in [0.4, 0.5) is 0 Å². The Kier molecular flexibility index (Phi) is 5.30. The Morgan fingerprint density at radius 3 is 2.43 bits per heavy atom. The zero-order valence-corrected chi connectivity index (χ0v) is 15.1. The lowest BCUT2D eigenvalue weighted by Gasteiger charge is -2.37. The molecule has 4 heteroatoms. The maximum absolute atomic E-state index is 12.4. The van der Waals surface area contributed by atoms with Crippen molar-refractivity contribution < 1.29 is 8.42 Å². The molecule has 0 aromatic rings. The average Bonchev–Trinajstić information content (AvgIpc) is 2.65. The van der Waals surface area contributed by atoms with Gasteiger partial charge in [0.2, 0.25) is 10.0 Å². The first kappa shape index (κ1) is 16.8. The van der Waals surface area contributed by atoms with Crippen LogP contribution in [0, 0.1) is 0 Å². The van der Waals surface area contributed by atoms with Crippen LogP contribution in [0.15, 0.2) is 35.1 Å². The molecule has 128 valence electrons. The zero-order chi connectivity index (χ0) is 16.3. The van der Waals surface area contributed by atoms with E-state index in [9.17, 15) is 8.42 Å². The van der Waals surface area contributed by atoms with Crippen molar-refractivity contribution in [3.05, 3.63) is 35.1 Å². The molecule has 0 saturated carbocycles. The first-order valence-corrected chi connectivity index (χ1v) is 11.0. The first-order valence-electron chi connectivity index (χ1n) is 9.13. The fourth-order valence-corrected chi connectivity index (χ4v) is 5.11. The molecule has 0 N–H and O–H groups in total. The Morgan fingerprint density at radius 2 is 1.70 bits per heavy atom. The number of fused-ring (bicyclic) bond motifs is 1. The molecule has 3 nitrogen and oxygen atoms in total. The average molecular weight is 336 g/mol. The summed E-state index contributed by atoms with van der Waals surface area (Å²) in [5, 5.41) is 0. The molecule has 0 spiro atoms. The molecule has 0 aromatic carbocycles. The number of hydrogen-bond acceptors (Lipinski definition) is 2. The fourth-order valence-electron chi connectivity index (χ4n) is 4.09. The summed E-state index contributed by atoms with van der Waals surface area (Å²) in [5.74, 6) is 0. The maximum Gasteiger partial charge on any atom is 0.232 e. The van der Waals surface area contributed by atoms with Crippen molar-refractivity contribution in [2.75, 3.05) is 6.26 Å². The van der Waals surface area contributed by atoms with Gasteiger partial charge in [0.05, 0.1) is 12.3 Å². The van der Waals surface area contributed by atoms with E-state index >= 15 is 0 Å². The maximum atomic E-state index is 12.4. The van der Waals surface area contributed by atoms with Gasteiger partial charge in [-0.15, -0.1) is 0 Å². The highest BCUT2D eigenvalue weighted by atomic mass is 32.2. The number of nitrogens with zero attached hydrogens (tertiary/aromatic N) is 1. The molecular weight excluding hydrogens is 306 g/mol. The summed E-state index contributed by atoms with van der Waals surface area (Å²) in [5.41, 5.74) is 3.95. The van der Waals surface area contributed by atoms with E-state index < -0.39 is 10.0 Å². The van der Waals surface area contributed by atoms with Crippen molar-refractivity contribution in [3.63, 3.8) is 0 Å². The summed E-state index contributed by atoms with van der Waals surface area (Å²) in [4.78, 5) is 0. The Hall–Kier alpha value is -1.03. The SMILES string of the molecule is CS(=O)(=O)N1C=C(C2=CCCCC2)C/C2=C/CCCCCC[C@@H]21. The summed E-state index contributed by atoms with van der Waals surface area (Å²) < 4.78 is 26.4. The predicted molar refractivity (Wildman–Crippen MR) is 95.5 cm³/mol. The first-order chi connectivity index (χ1) is 11.1. The van der Waals surface area contributed by atoms with Crippen LogP contribution in [0.25, 0.3) is 0 Å². The molecule has 0 amide bonds. The molecule has 1 aliphatic heterocycles. The highest BCUT2D eigenvalue weighted by Crippen LogP contribution is 2.37. The van der Waals surface area contributed by atoms with E-state index in [-0.39, 0.29) is 6.04 Å². The molecule has 1 atom stereocenters. The van der Waals surface area contributed by atoms with E-state index in [1.54, 1.807) is 4.31 Å². The topological polar surface area (TPSA) is 37.4 Å². The van der Waals surface area contributed by atoms with Crippen molar-refractivity contribution in [2.24, 2.45) is 0 Å². The van der Waals surface area contributed by atoms with E-state index in [4.69, 9.17) is 0 Å². The van der Waals surface area contributed by atoms with Gasteiger partial charge in [0.1, 0.15) is 0 Å². The minimum atomic E-state index is -3.22. The molecule has 3 rings (SSSR count). The third-order valence-electron chi connectivity index (χ3n) is 5.34. The summed E-state index contributed by atoms with van der Waals surface area (Å²) in [7, 11) is -3.22. The summed E-state index contributed by atoms with van der Waals surface area (Å²) in [6.07, 6.45) is 20.5. The number of sulfonamides is 1. The smallest absolute Gasteiger partial charge is 0.232 e. The summed E-state index contributed by atoms with van der Waals surface area (Å²) in [6.45, 7) is 0. The van der Waals surface area contributed by atoms with Gasteiger partial charge in [-0.2, -0.15) is 0 Å². The molecule has 0 saturated heterocycles. The molecule has 0 unspecified atom stereocenters. The van der Waals surface area contributed by atoms with Crippen molar-refractivity contribution in [1.82, 2.24) is 4.31 Å². The van der Waals surface area contributed by atoms with Crippen LogP contribution >= 0.6 is 0 Å². The Balaban J connectivity index is 1.97.